The minimum absolute atomic E-state index is 0.0115. The number of carbonyl (C=O) groups is 7. The molecule has 2 rings (SSSR count). The molecule has 16 heteroatoms. The van der Waals surface area contributed by atoms with Gasteiger partial charge in [-0.15, -0.1) is 0 Å². The maximum Gasteiger partial charge on any atom is 0.395 e. The summed E-state index contributed by atoms with van der Waals surface area (Å²) in [5.74, 6) is -6.62. The molecule has 0 aromatic heterocycles. The van der Waals surface area contributed by atoms with Crippen LogP contribution in [0.1, 0.15) is 54.1 Å². The van der Waals surface area contributed by atoms with Crippen LogP contribution in [0.25, 0.3) is 0 Å². The molecule has 0 radical (unpaired) electrons. The molecule has 0 aliphatic heterocycles. The number of nitrogens with one attached hydrogen (secondary N) is 3. The van der Waals surface area contributed by atoms with E-state index in [-0.39, 0.29) is 48.3 Å². The second-order valence-corrected chi connectivity index (χ2v) is 11.6. The Morgan fingerprint density at radius 1 is 0.896 bits per heavy atom. The van der Waals surface area contributed by atoms with Crippen molar-refractivity contribution in [2.45, 2.75) is 57.5 Å². The average Bonchev–Trinajstić information content (AvgIpc) is 3.03. The number of carboxylic acid groups (broad SMARTS) is 3. The highest BCUT2D eigenvalue weighted by molar-refractivity contribution is 7.98. The van der Waals surface area contributed by atoms with Crippen LogP contribution >= 0.6 is 11.8 Å². The third-order valence-electron chi connectivity index (χ3n) is 7.03. The van der Waals surface area contributed by atoms with Gasteiger partial charge in [0.25, 0.3) is 0 Å². The molecule has 0 aliphatic carbocycles. The van der Waals surface area contributed by atoms with E-state index >= 15 is 0 Å². The van der Waals surface area contributed by atoms with Crippen molar-refractivity contribution in [2.75, 3.05) is 30.1 Å². The van der Waals surface area contributed by atoms with Crippen molar-refractivity contribution in [1.82, 2.24) is 16.0 Å². The summed E-state index contributed by atoms with van der Waals surface area (Å²) in [4.78, 5) is 85.8. The fourth-order valence-corrected chi connectivity index (χ4v) is 5.27. The highest BCUT2D eigenvalue weighted by atomic mass is 32.2. The number of aliphatic hydroxyl groups is 1. The van der Waals surface area contributed by atoms with Gasteiger partial charge in [0.05, 0.1) is 16.9 Å². The Hall–Kier alpha value is -4.96. The van der Waals surface area contributed by atoms with Crippen molar-refractivity contribution < 1.29 is 54.0 Å². The number of amides is 4. The number of aliphatic carboxylic acids is 2. The second-order valence-electron chi connectivity index (χ2n) is 10.6. The van der Waals surface area contributed by atoms with Crippen molar-refractivity contribution in [3.8, 4) is 0 Å². The smallest absolute Gasteiger partial charge is 0.395 e. The lowest BCUT2D eigenvalue weighted by Gasteiger charge is -2.26. The number of rotatable bonds is 19. The predicted octanol–water partition coefficient (Wildman–Crippen LogP) is 1.33. The number of para-hydroxylation sites is 1. The van der Waals surface area contributed by atoms with E-state index in [0.29, 0.717) is 30.6 Å². The lowest BCUT2D eigenvalue weighted by Crippen LogP contribution is -2.47. The van der Waals surface area contributed by atoms with E-state index in [9.17, 15) is 54.0 Å². The Morgan fingerprint density at radius 3 is 2.21 bits per heavy atom. The molecule has 0 heterocycles. The largest absolute Gasteiger partial charge is 0.480 e. The Bertz CT molecular complexity index is 1500. The Kier molecular flexibility index (Phi) is 16.0. The van der Waals surface area contributed by atoms with Crippen LogP contribution in [0.5, 0.6) is 0 Å². The molecule has 2 aromatic rings. The number of aromatic carboxylic acids is 1. The first kappa shape index (κ1) is 39.2. The monoisotopic (exact) mass is 688 g/mol. The molecule has 48 heavy (non-hydrogen) atoms. The third kappa shape index (κ3) is 12.0. The number of carbonyl (C=O) groups excluding carboxylic acids is 4. The molecule has 0 bridgehead atoms. The molecule has 0 aliphatic rings. The van der Waals surface area contributed by atoms with Gasteiger partial charge >= 0.3 is 23.8 Å². The molecule has 2 aromatic carbocycles. The zero-order valence-electron chi connectivity index (χ0n) is 26.6. The standard InChI is InChI=1S/C32H40N4O11S/c1-19(38)34-24(28(40)33-14-6-5-9-27(39)35-23(31(44)45)13-16-48-2)18-20-10-11-25(21(17-20)12-15-37)36(29(41)32(46)47)26-8-4-3-7-22(26)30(42)43/h3-4,7-8,10-11,17,23-24,37H,5-6,9,12-16,18H2,1-2H3,(H,33,40)(H,34,38)(H,35,39)(H,42,43)(H,44,45)(H,46,47)/t23-,24?/m0/s1. The van der Waals surface area contributed by atoms with Crippen LogP contribution < -0.4 is 20.9 Å². The summed E-state index contributed by atoms with van der Waals surface area (Å²) < 4.78 is 0. The van der Waals surface area contributed by atoms with Gasteiger partial charge in [-0.25, -0.2) is 14.4 Å². The summed E-state index contributed by atoms with van der Waals surface area (Å²) in [6.07, 6.45) is 2.87. The summed E-state index contributed by atoms with van der Waals surface area (Å²) in [7, 11) is 0. The maximum atomic E-state index is 13.1. The normalized spacial score (nSPS) is 11.9. The first-order valence-corrected chi connectivity index (χ1v) is 16.4. The van der Waals surface area contributed by atoms with Crippen molar-refractivity contribution in [1.29, 1.82) is 0 Å². The van der Waals surface area contributed by atoms with E-state index < -0.39 is 60.2 Å². The predicted molar refractivity (Wildman–Crippen MR) is 176 cm³/mol. The number of aliphatic hydroxyl groups excluding tert-OH is 1. The van der Waals surface area contributed by atoms with Gasteiger partial charge in [-0.05, 0) is 67.0 Å². The molecule has 4 amide bonds. The van der Waals surface area contributed by atoms with Gasteiger partial charge in [0.1, 0.15) is 12.1 Å². The number of unbranched alkanes of at least 4 members (excludes halogenated alkanes) is 1. The number of thioether (sulfide) groups is 1. The van der Waals surface area contributed by atoms with Gasteiger partial charge in [-0.3, -0.25) is 24.1 Å². The van der Waals surface area contributed by atoms with Crippen LogP contribution in [-0.2, 0) is 41.6 Å². The maximum absolute atomic E-state index is 13.1. The average molecular weight is 689 g/mol. The fourth-order valence-electron chi connectivity index (χ4n) is 4.79. The molecule has 0 saturated heterocycles. The molecule has 0 saturated carbocycles. The quantitative estimate of drug-likeness (QED) is 0.0817. The summed E-state index contributed by atoms with van der Waals surface area (Å²) in [5, 5.41) is 46.0. The van der Waals surface area contributed by atoms with Gasteiger partial charge in [-0.1, -0.05) is 24.3 Å². The summed E-state index contributed by atoms with van der Waals surface area (Å²) in [5.41, 5.74) is 0.247. The van der Waals surface area contributed by atoms with Crippen LogP contribution in [0.2, 0.25) is 0 Å². The molecular weight excluding hydrogens is 648 g/mol. The van der Waals surface area contributed by atoms with Crippen molar-refractivity contribution in [3.05, 3.63) is 59.2 Å². The Labute approximate surface area is 281 Å². The van der Waals surface area contributed by atoms with Gasteiger partial charge in [0.2, 0.25) is 17.7 Å². The lowest BCUT2D eigenvalue weighted by molar-refractivity contribution is -0.148. The second kappa shape index (κ2) is 19.6. The number of anilines is 2. The van der Waals surface area contributed by atoms with Crippen molar-refractivity contribution in [3.63, 3.8) is 0 Å². The molecule has 1 unspecified atom stereocenters. The molecule has 7 N–H and O–H groups in total. The molecule has 2 atom stereocenters. The number of hydrogen-bond acceptors (Lipinski definition) is 9. The highest BCUT2D eigenvalue weighted by Gasteiger charge is 2.30. The van der Waals surface area contributed by atoms with Crippen LogP contribution in [0, 0.1) is 0 Å². The summed E-state index contributed by atoms with van der Waals surface area (Å²) >= 11 is 1.47. The topological polar surface area (TPSA) is 240 Å². The van der Waals surface area contributed by atoms with Gasteiger partial charge in [0.15, 0.2) is 0 Å². The van der Waals surface area contributed by atoms with Crippen LogP contribution in [-0.4, -0.2) is 99.2 Å². The van der Waals surface area contributed by atoms with E-state index in [0.717, 1.165) is 4.90 Å². The van der Waals surface area contributed by atoms with Gasteiger partial charge < -0.3 is 36.4 Å². The molecule has 260 valence electrons. The molecule has 0 fully saturated rings. The molecule has 15 nitrogen and oxygen atoms in total. The van der Waals surface area contributed by atoms with Crippen molar-refractivity contribution in [2.24, 2.45) is 0 Å². The fraction of sp³-hybridized carbons (Fsp3) is 0.406. The van der Waals surface area contributed by atoms with E-state index in [2.05, 4.69) is 16.0 Å². The zero-order chi connectivity index (χ0) is 35.8. The highest BCUT2D eigenvalue weighted by Crippen LogP contribution is 2.33. The van der Waals surface area contributed by atoms with Crippen LogP contribution in [0.3, 0.4) is 0 Å². The van der Waals surface area contributed by atoms with Gasteiger partial charge in [0, 0.05) is 32.9 Å². The minimum atomic E-state index is -1.84. The Balaban J connectivity index is 2.20. The Morgan fingerprint density at radius 2 is 1.60 bits per heavy atom. The first-order valence-electron chi connectivity index (χ1n) is 15.0. The number of carboxylic acids is 3. The molecule has 0 spiro atoms. The number of hydrogen-bond donors (Lipinski definition) is 7. The van der Waals surface area contributed by atoms with Crippen molar-refractivity contribution >= 4 is 64.7 Å². The van der Waals surface area contributed by atoms with Crippen LogP contribution in [0.4, 0.5) is 11.4 Å². The van der Waals surface area contributed by atoms with Crippen LogP contribution in [0.15, 0.2) is 42.5 Å². The van der Waals surface area contributed by atoms with E-state index in [4.69, 9.17) is 0 Å². The summed E-state index contributed by atoms with van der Waals surface area (Å²) in [6, 6.07) is 7.74. The molecular formula is C32H40N4O11S. The first-order chi connectivity index (χ1) is 22.8. The SMILES string of the molecule is CSCC[C@H](NC(=O)CCCCNC(=O)C(Cc1ccc(N(C(=O)C(=O)O)c2ccccc2C(=O)O)c(CCO)c1)NC(C)=O)C(=O)O. The van der Waals surface area contributed by atoms with Gasteiger partial charge in [-0.2, -0.15) is 11.8 Å². The van der Waals surface area contributed by atoms with E-state index in [1.807, 2.05) is 6.26 Å². The minimum Gasteiger partial charge on any atom is -0.480 e. The van der Waals surface area contributed by atoms with E-state index in [1.165, 1.54) is 61.2 Å². The zero-order valence-corrected chi connectivity index (χ0v) is 27.4. The number of nitrogens with zero attached hydrogens (tertiary/aromatic N) is 1. The van der Waals surface area contributed by atoms with E-state index in [1.54, 1.807) is 0 Å². The summed E-state index contributed by atoms with van der Waals surface area (Å²) in [6.45, 7) is 0.994. The third-order valence-corrected chi connectivity index (χ3v) is 7.68. The number of benzene rings is 2. The lowest BCUT2D eigenvalue weighted by atomic mass is 9.98.